The van der Waals surface area contributed by atoms with E-state index >= 15 is 0 Å². The van der Waals surface area contributed by atoms with Crippen LogP contribution >= 0.6 is 12.4 Å². The molecule has 1 aliphatic carbocycles. The predicted octanol–water partition coefficient (Wildman–Crippen LogP) is 3.22. The molecule has 0 radical (unpaired) electrons. The van der Waals surface area contributed by atoms with Gasteiger partial charge in [0.25, 0.3) is 0 Å². The lowest BCUT2D eigenvalue weighted by atomic mass is 9.73. The highest BCUT2D eigenvalue weighted by Gasteiger charge is 2.38. The maximum atomic E-state index is 11.3. The van der Waals surface area contributed by atoms with E-state index in [1.807, 2.05) is 12.1 Å². The third kappa shape index (κ3) is 4.18. The molecule has 20 heavy (non-hydrogen) atoms. The molecule has 3 nitrogen and oxygen atoms in total. The molecule has 0 saturated heterocycles. The van der Waals surface area contributed by atoms with Crippen molar-refractivity contribution in [2.24, 2.45) is 5.92 Å². The van der Waals surface area contributed by atoms with Crippen LogP contribution in [-0.2, 0) is 5.60 Å². The Kier molecular flexibility index (Phi) is 6.93. The lowest BCUT2D eigenvalue weighted by Gasteiger charge is -2.39. The van der Waals surface area contributed by atoms with E-state index in [0.717, 1.165) is 31.4 Å². The van der Waals surface area contributed by atoms with E-state index < -0.39 is 5.60 Å². The summed E-state index contributed by atoms with van der Waals surface area (Å²) < 4.78 is 0. The van der Waals surface area contributed by atoms with Crippen molar-refractivity contribution >= 4 is 12.4 Å². The molecule has 2 rings (SSSR count). The molecule has 1 aromatic rings. The number of hydrogen-bond donors (Lipinski definition) is 1. The van der Waals surface area contributed by atoms with Crippen LogP contribution in [0.25, 0.3) is 0 Å². The summed E-state index contributed by atoms with van der Waals surface area (Å²) in [6, 6.07) is 3.95. The summed E-state index contributed by atoms with van der Waals surface area (Å²) in [5, 5.41) is 11.3. The lowest BCUT2D eigenvalue weighted by molar-refractivity contribution is -0.0504. The largest absolute Gasteiger partial charge is 0.385 e. The summed E-state index contributed by atoms with van der Waals surface area (Å²) in [6.45, 7) is 0.943. The third-order valence-corrected chi connectivity index (χ3v) is 4.30. The zero-order valence-corrected chi connectivity index (χ0v) is 13.4. The molecule has 1 aliphatic rings. The van der Waals surface area contributed by atoms with Crippen LogP contribution in [0.1, 0.15) is 44.1 Å². The van der Waals surface area contributed by atoms with Crippen LogP contribution < -0.4 is 0 Å². The van der Waals surface area contributed by atoms with Gasteiger partial charge in [-0.05, 0) is 44.6 Å². The normalized spacial score (nSPS) is 27.5. The molecule has 1 aromatic heterocycles. The first kappa shape index (κ1) is 17.4. The molecular formula is C16H27ClN2O. The van der Waals surface area contributed by atoms with E-state index in [-0.39, 0.29) is 12.4 Å². The highest BCUT2D eigenvalue weighted by Crippen LogP contribution is 2.39. The van der Waals surface area contributed by atoms with Crippen molar-refractivity contribution in [2.75, 3.05) is 20.6 Å². The van der Waals surface area contributed by atoms with Gasteiger partial charge in [0.2, 0.25) is 0 Å². The smallest absolute Gasteiger partial charge is 0.0937 e. The molecule has 0 bridgehead atoms. The number of aromatic nitrogens is 1. The standard InChI is InChI=1S/C16H26N2O.ClH/c1-18(2)13-15-7-5-3-4-6-10-16(15,19)14-8-11-17-12-9-14;/h8-9,11-12,15,19H,3-7,10,13H2,1-2H3;1H. The van der Waals surface area contributed by atoms with Crippen LogP contribution in [0.2, 0.25) is 0 Å². The Bertz CT molecular complexity index is 385. The Hall–Kier alpha value is -0.640. The van der Waals surface area contributed by atoms with Crippen LogP contribution in [0.15, 0.2) is 24.5 Å². The highest BCUT2D eigenvalue weighted by molar-refractivity contribution is 5.85. The zero-order valence-electron chi connectivity index (χ0n) is 12.6. The number of nitrogens with zero attached hydrogens (tertiary/aromatic N) is 2. The van der Waals surface area contributed by atoms with E-state index in [2.05, 4.69) is 24.0 Å². The molecule has 0 amide bonds. The third-order valence-electron chi connectivity index (χ3n) is 4.30. The van der Waals surface area contributed by atoms with Crippen LogP contribution in [0.4, 0.5) is 0 Å². The molecule has 1 N–H and O–H groups in total. The quantitative estimate of drug-likeness (QED) is 0.931. The molecule has 1 heterocycles. The molecule has 0 spiro atoms. The van der Waals surface area contributed by atoms with Crippen LogP contribution in [0, 0.1) is 5.92 Å². The van der Waals surface area contributed by atoms with Crippen molar-refractivity contribution in [3.05, 3.63) is 30.1 Å². The van der Waals surface area contributed by atoms with Crippen molar-refractivity contribution in [3.63, 3.8) is 0 Å². The molecule has 2 unspecified atom stereocenters. The number of halogens is 1. The maximum absolute atomic E-state index is 11.3. The van der Waals surface area contributed by atoms with Crippen molar-refractivity contribution in [3.8, 4) is 0 Å². The molecule has 2 atom stereocenters. The van der Waals surface area contributed by atoms with Gasteiger partial charge in [0.05, 0.1) is 5.60 Å². The summed E-state index contributed by atoms with van der Waals surface area (Å²) in [5.41, 5.74) is 0.351. The first-order valence-electron chi connectivity index (χ1n) is 7.40. The fraction of sp³-hybridized carbons (Fsp3) is 0.688. The first-order valence-corrected chi connectivity index (χ1v) is 7.40. The van der Waals surface area contributed by atoms with Gasteiger partial charge in [-0.1, -0.05) is 25.7 Å². The molecular weight excluding hydrogens is 272 g/mol. The van der Waals surface area contributed by atoms with Gasteiger partial charge in [0.15, 0.2) is 0 Å². The van der Waals surface area contributed by atoms with Gasteiger partial charge in [0, 0.05) is 24.9 Å². The summed E-state index contributed by atoms with van der Waals surface area (Å²) in [5.74, 6) is 0.310. The second-order valence-corrected chi connectivity index (χ2v) is 6.07. The van der Waals surface area contributed by atoms with Gasteiger partial charge in [-0.3, -0.25) is 4.98 Å². The van der Waals surface area contributed by atoms with Crippen LogP contribution in [-0.4, -0.2) is 35.6 Å². The van der Waals surface area contributed by atoms with Gasteiger partial charge in [-0.25, -0.2) is 0 Å². The summed E-state index contributed by atoms with van der Waals surface area (Å²) in [7, 11) is 4.18. The van der Waals surface area contributed by atoms with Crippen LogP contribution in [0.5, 0.6) is 0 Å². The second kappa shape index (κ2) is 7.96. The Labute approximate surface area is 128 Å². The van der Waals surface area contributed by atoms with Gasteiger partial charge < -0.3 is 10.0 Å². The summed E-state index contributed by atoms with van der Waals surface area (Å²) >= 11 is 0. The molecule has 114 valence electrons. The lowest BCUT2D eigenvalue weighted by Crippen LogP contribution is -2.41. The Morgan fingerprint density at radius 1 is 1.20 bits per heavy atom. The summed E-state index contributed by atoms with van der Waals surface area (Å²) in [4.78, 5) is 6.27. The topological polar surface area (TPSA) is 36.4 Å². The van der Waals surface area contributed by atoms with Crippen molar-refractivity contribution in [2.45, 2.75) is 44.1 Å². The maximum Gasteiger partial charge on any atom is 0.0937 e. The Morgan fingerprint density at radius 3 is 2.50 bits per heavy atom. The molecule has 0 aromatic carbocycles. The monoisotopic (exact) mass is 298 g/mol. The second-order valence-electron chi connectivity index (χ2n) is 6.07. The molecule has 1 fully saturated rings. The SMILES string of the molecule is CN(C)CC1CCCCCCC1(O)c1ccncc1.Cl. The van der Waals surface area contributed by atoms with Gasteiger partial charge in [0.1, 0.15) is 0 Å². The minimum Gasteiger partial charge on any atom is -0.385 e. The minimum atomic E-state index is -0.687. The highest BCUT2D eigenvalue weighted by atomic mass is 35.5. The van der Waals surface area contributed by atoms with E-state index in [0.29, 0.717) is 5.92 Å². The number of aliphatic hydroxyl groups is 1. The van der Waals surface area contributed by atoms with E-state index in [1.54, 1.807) is 12.4 Å². The van der Waals surface area contributed by atoms with Crippen molar-refractivity contribution in [1.29, 1.82) is 0 Å². The average molecular weight is 299 g/mol. The van der Waals surface area contributed by atoms with E-state index in [9.17, 15) is 5.11 Å². The fourth-order valence-corrected chi connectivity index (χ4v) is 3.29. The average Bonchev–Trinajstić information content (AvgIpc) is 2.39. The fourth-order valence-electron chi connectivity index (χ4n) is 3.29. The number of hydrogen-bond acceptors (Lipinski definition) is 3. The summed E-state index contributed by atoms with van der Waals surface area (Å²) in [6.07, 6.45) is 10.4. The number of pyridine rings is 1. The molecule has 1 saturated carbocycles. The molecule has 4 heteroatoms. The minimum absolute atomic E-state index is 0. The number of rotatable bonds is 3. The first-order chi connectivity index (χ1) is 9.13. The van der Waals surface area contributed by atoms with Gasteiger partial charge >= 0.3 is 0 Å². The van der Waals surface area contributed by atoms with E-state index in [4.69, 9.17) is 0 Å². The molecule has 0 aliphatic heterocycles. The Morgan fingerprint density at radius 2 is 1.85 bits per heavy atom. The van der Waals surface area contributed by atoms with Gasteiger partial charge in [-0.15, -0.1) is 12.4 Å². The van der Waals surface area contributed by atoms with Crippen LogP contribution in [0.3, 0.4) is 0 Å². The Balaban J connectivity index is 0.00000200. The zero-order chi connectivity index (χ0) is 13.7. The van der Waals surface area contributed by atoms with E-state index in [1.165, 1.54) is 19.3 Å². The predicted molar refractivity (Wildman–Crippen MR) is 85.1 cm³/mol. The van der Waals surface area contributed by atoms with Gasteiger partial charge in [-0.2, -0.15) is 0 Å². The van der Waals surface area contributed by atoms with Crippen molar-refractivity contribution in [1.82, 2.24) is 9.88 Å². The van der Waals surface area contributed by atoms with Crippen molar-refractivity contribution < 1.29 is 5.11 Å².